The third-order valence-corrected chi connectivity index (χ3v) is 3.30. The maximum atomic E-state index is 5.82. The molecule has 0 spiro atoms. The van der Waals surface area contributed by atoms with Crippen molar-refractivity contribution >= 4 is 17.4 Å². The molecule has 4 heteroatoms. The van der Waals surface area contributed by atoms with Crippen LogP contribution in [0.1, 0.15) is 11.3 Å². The average molecular weight is 231 g/mol. The number of nitrogens with two attached hydrogens (primary N) is 1. The van der Waals surface area contributed by atoms with Gasteiger partial charge < -0.3 is 5.73 Å². The van der Waals surface area contributed by atoms with E-state index in [0.29, 0.717) is 0 Å². The Morgan fingerprint density at radius 3 is 2.69 bits per heavy atom. The van der Waals surface area contributed by atoms with Crippen molar-refractivity contribution in [3.63, 3.8) is 0 Å². The van der Waals surface area contributed by atoms with Crippen LogP contribution in [0.15, 0.2) is 41.7 Å². The van der Waals surface area contributed by atoms with Crippen molar-refractivity contribution < 1.29 is 0 Å². The zero-order valence-corrected chi connectivity index (χ0v) is 9.87. The van der Waals surface area contributed by atoms with Gasteiger partial charge in [0.25, 0.3) is 0 Å². The zero-order valence-electron chi connectivity index (χ0n) is 9.05. The first-order chi connectivity index (χ1) is 7.77. The van der Waals surface area contributed by atoms with E-state index in [1.54, 1.807) is 18.0 Å². The lowest BCUT2D eigenvalue weighted by Crippen LogP contribution is -1.94. The van der Waals surface area contributed by atoms with Crippen molar-refractivity contribution in [2.75, 3.05) is 5.73 Å². The van der Waals surface area contributed by atoms with Gasteiger partial charge in [-0.15, -0.1) is 0 Å². The first kappa shape index (κ1) is 11.0. The monoisotopic (exact) mass is 231 g/mol. The minimum absolute atomic E-state index is 0.723. The van der Waals surface area contributed by atoms with Crippen molar-refractivity contribution in [1.82, 2.24) is 9.97 Å². The van der Waals surface area contributed by atoms with Crippen molar-refractivity contribution in [3.05, 3.63) is 47.9 Å². The second kappa shape index (κ2) is 4.99. The molecule has 82 valence electrons. The number of aromatic nitrogens is 2. The molecule has 2 N–H and O–H groups in total. The molecule has 0 atom stereocenters. The highest BCUT2D eigenvalue weighted by molar-refractivity contribution is 7.98. The molecule has 2 rings (SSSR count). The number of nitrogens with zero attached hydrogens (tertiary/aromatic N) is 2. The summed E-state index contributed by atoms with van der Waals surface area (Å²) in [5, 5.41) is 0.868. The third kappa shape index (κ3) is 2.52. The van der Waals surface area contributed by atoms with Gasteiger partial charge in [0.2, 0.25) is 0 Å². The highest BCUT2D eigenvalue weighted by Crippen LogP contribution is 2.25. The second-order valence-corrected chi connectivity index (χ2v) is 4.42. The van der Waals surface area contributed by atoms with E-state index in [-0.39, 0.29) is 0 Å². The highest BCUT2D eigenvalue weighted by atomic mass is 32.2. The van der Waals surface area contributed by atoms with E-state index in [2.05, 4.69) is 23.0 Å². The topological polar surface area (TPSA) is 51.8 Å². The number of hydrogen-bond donors (Lipinski definition) is 1. The van der Waals surface area contributed by atoms with E-state index in [9.17, 15) is 0 Å². The lowest BCUT2D eigenvalue weighted by molar-refractivity contribution is 1.10. The quantitative estimate of drug-likeness (QED) is 0.825. The second-order valence-electron chi connectivity index (χ2n) is 3.45. The summed E-state index contributed by atoms with van der Waals surface area (Å²) in [7, 11) is 0. The number of pyridine rings is 2. The Labute approximate surface area is 99.1 Å². The van der Waals surface area contributed by atoms with Crippen LogP contribution in [0.3, 0.4) is 0 Å². The summed E-state index contributed by atoms with van der Waals surface area (Å²) in [4.78, 5) is 8.57. The van der Waals surface area contributed by atoms with Crippen LogP contribution < -0.4 is 5.73 Å². The van der Waals surface area contributed by atoms with E-state index in [4.69, 9.17) is 5.73 Å². The summed E-state index contributed by atoms with van der Waals surface area (Å²) in [6.45, 7) is 2.06. The van der Waals surface area contributed by atoms with Crippen LogP contribution in [-0.2, 0) is 5.75 Å². The molecule has 3 nitrogen and oxygen atoms in total. The average Bonchev–Trinajstić information content (AvgIpc) is 2.30. The van der Waals surface area contributed by atoms with Gasteiger partial charge in [-0.2, -0.15) is 0 Å². The van der Waals surface area contributed by atoms with E-state index in [0.717, 1.165) is 22.2 Å². The van der Waals surface area contributed by atoms with Gasteiger partial charge in [0, 0.05) is 18.1 Å². The predicted octanol–water partition coefficient (Wildman–Crippen LogP) is 2.66. The van der Waals surface area contributed by atoms with Crippen molar-refractivity contribution in [2.24, 2.45) is 0 Å². The van der Waals surface area contributed by atoms with Crippen LogP contribution in [0.2, 0.25) is 0 Å². The van der Waals surface area contributed by atoms with Crippen molar-refractivity contribution in [2.45, 2.75) is 17.7 Å². The summed E-state index contributed by atoms with van der Waals surface area (Å²) >= 11 is 1.62. The molecular weight excluding hydrogens is 218 g/mol. The van der Waals surface area contributed by atoms with Gasteiger partial charge in [-0.25, -0.2) is 4.98 Å². The number of hydrogen-bond acceptors (Lipinski definition) is 4. The molecule has 0 saturated heterocycles. The first-order valence-electron chi connectivity index (χ1n) is 5.01. The smallest absolute Gasteiger partial charge is 0.119 e. The van der Waals surface area contributed by atoms with Crippen LogP contribution in [0.25, 0.3) is 0 Å². The van der Waals surface area contributed by atoms with Crippen molar-refractivity contribution in [3.8, 4) is 0 Å². The summed E-state index contributed by atoms with van der Waals surface area (Å²) in [5.74, 6) is 0.799. The molecule has 2 aromatic rings. The van der Waals surface area contributed by atoms with Gasteiger partial charge in [-0.05, 0) is 30.7 Å². The SMILES string of the molecule is Cc1cccnc1CSc1ncccc1N. The third-order valence-electron chi connectivity index (χ3n) is 2.26. The standard InChI is InChI=1S/C12H13N3S/c1-9-4-2-6-14-11(9)8-16-12-10(13)5-3-7-15-12/h2-7H,8,13H2,1H3. The lowest BCUT2D eigenvalue weighted by Gasteiger charge is -2.05. The molecule has 0 unspecified atom stereocenters. The summed E-state index contributed by atoms with van der Waals surface area (Å²) in [6, 6.07) is 7.70. The Bertz CT molecular complexity index is 440. The van der Waals surface area contributed by atoms with Crippen LogP contribution >= 0.6 is 11.8 Å². The summed E-state index contributed by atoms with van der Waals surface area (Å²) in [6.07, 6.45) is 3.56. The Morgan fingerprint density at radius 1 is 1.19 bits per heavy atom. The van der Waals surface area contributed by atoms with E-state index in [1.807, 2.05) is 24.4 Å². The number of anilines is 1. The normalized spacial score (nSPS) is 10.3. The maximum Gasteiger partial charge on any atom is 0.119 e. The molecule has 0 saturated carbocycles. The molecule has 0 aliphatic carbocycles. The Balaban J connectivity index is 2.09. The number of aryl methyl sites for hydroxylation is 1. The van der Waals surface area contributed by atoms with Gasteiger partial charge in [-0.1, -0.05) is 17.8 Å². The molecule has 0 amide bonds. The molecular formula is C12H13N3S. The molecule has 0 bridgehead atoms. The van der Waals surface area contributed by atoms with E-state index >= 15 is 0 Å². The van der Waals surface area contributed by atoms with E-state index in [1.165, 1.54) is 5.56 Å². The first-order valence-corrected chi connectivity index (χ1v) is 5.99. The maximum absolute atomic E-state index is 5.82. The molecule has 2 aromatic heterocycles. The molecule has 16 heavy (non-hydrogen) atoms. The fraction of sp³-hybridized carbons (Fsp3) is 0.167. The summed E-state index contributed by atoms with van der Waals surface area (Å²) in [5.41, 5.74) is 8.82. The van der Waals surface area contributed by atoms with Gasteiger partial charge >= 0.3 is 0 Å². The van der Waals surface area contributed by atoms with Gasteiger partial charge in [-0.3, -0.25) is 4.98 Å². The predicted molar refractivity (Wildman–Crippen MR) is 67.2 cm³/mol. The van der Waals surface area contributed by atoms with E-state index < -0.39 is 0 Å². The minimum Gasteiger partial charge on any atom is -0.397 e. The van der Waals surface area contributed by atoms with Crippen LogP contribution in [-0.4, -0.2) is 9.97 Å². The van der Waals surface area contributed by atoms with Crippen molar-refractivity contribution in [1.29, 1.82) is 0 Å². The van der Waals surface area contributed by atoms with Crippen LogP contribution in [0.4, 0.5) is 5.69 Å². The zero-order chi connectivity index (χ0) is 11.4. The fourth-order valence-electron chi connectivity index (χ4n) is 1.33. The molecule has 0 aliphatic heterocycles. The van der Waals surface area contributed by atoms with Gasteiger partial charge in [0.15, 0.2) is 0 Å². The molecule has 0 fully saturated rings. The molecule has 2 heterocycles. The Morgan fingerprint density at radius 2 is 1.94 bits per heavy atom. The van der Waals surface area contributed by atoms with Crippen LogP contribution in [0.5, 0.6) is 0 Å². The highest BCUT2D eigenvalue weighted by Gasteiger charge is 2.03. The largest absolute Gasteiger partial charge is 0.397 e. The molecule has 0 radical (unpaired) electrons. The minimum atomic E-state index is 0.723. The fourth-order valence-corrected chi connectivity index (χ4v) is 2.28. The van der Waals surface area contributed by atoms with Gasteiger partial charge in [0.1, 0.15) is 5.03 Å². The summed E-state index contributed by atoms with van der Waals surface area (Å²) < 4.78 is 0. The number of nitrogen functional groups attached to an aromatic ring is 1. The van der Waals surface area contributed by atoms with Gasteiger partial charge in [0.05, 0.1) is 11.4 Å². The van der Waals surface area contributed by atoms with Crippen LogP contribution in [0, 0.1) is 6.92 Å². The molecule has 0 aromatic carbocycles. The Kier molecular flexibility index (Phi) is 3.41. The Hall–Kier alpha value is -1.55. The number of thioether (sulfide) groups is 1. The number of rotatable bonds is 3. The molecule has 0 aliphatic rings. The lowest BCUT2D eigenvalue weighted by atomic mass is 10.2.